The molecule has 0 radical (unpaired) electrons. The molecule has 7 heteroatoms. The van der Waals surface area contributed by atoms with Gasteiger partial charge in [-0.05, 0) is 56.7 Å². The summed E-state index contributed by atoms with van der Waals surface area (Å²) in [6.07, 6.45) is 6.86. The Bertz CT molecular complexity index is 1390. The van der Waals surface area contributed by atoms with E-state index in [-0.39, 0.29) is 17.6 Å². The van der Waals surface area contributed by atoms with Gasteiger partial charge in [0.05, 0.1) is 17.6 Å². The van der Waals surface area contributed by atoms with Gasteiger partial charge in [0.2, 0.25) is 0 Å². The zero-order chi connectivity index (χ0) is 23.8. The highest BCUT2D eigenvalue weighted by molar-refractivity contribution is 5.68. The lowest BCUT2D eigenvalue weighted by molar-refractivity contribution is 0.433. The summed E-state index contributed by atoms with van der Waals surface area (Å²) in [4.78, 5) is 21.9. The fraction of sp³-hybridized carbons (Fsp3) is 0.333. The predicted octanol–water partition coefficient (Wildman–Crippen LogP) is 5.32. The van der Waals surface area contributed by atoms with Crippen LogP contribution in [0, 0.1) is 12.8 Å². The third-order valence-electron chi connectivity index (χ3n) is 6.70. The summed E-state index contributed by atoms with van der Waals surface area (Å²) < 4.78 is 7.53. The molecule has 3 aromatic heterocycles. The molecule has 174 valence electrons. The van der Waals surface area contributed by atoms with E-state index in [1.807, 2.05) is 61.0 Å². The van der Waals surface area contributed by atoms with Crippen molar-refractivity contribution < 1.29 is 4.52 Å². The van der Waals surface area contributed by atoms with Gasteiger partial charge >= 0.3 is 0 Å². The third kappa shape index (κ3) is 4.31. The van der Waals surface area contributed by atoms with E-state index in [2.05, 4.69) is 17.1 Å². The normalized spacial score (nSPS) is 18.8. The van der Waals surface area contributed by atoms with E-state index in [0.717, 1.165) is 41.6 Å². The standard InChI is InChI=1S/C27H29N5O2/c1-16-7-9-22(11-16)32-15-21(8-10-26(32)33)24-14-29-18(3)27(30-24)25-13-23(31-34-25)20-6-4-5-19(12-20)17(2)28/h4-6,8,10,12-17,22H,7,9,11,28H2,1-3H3. The van der Waals surface area contributed by atoms with Crippen LogP contribution in [0.25, 0.3) is 34.0 Å². The second-order valence-corrected chi connectivity index (χ2v) is 9.42. The molecule has 0 amide bonds. The molecule has 1 aromatic carbocycles. The first-order chi connectivity index (χ1) is 16.4. The number of aromatic nitrogens is 4. The average molecular weight is 456 g/mol. The maximum Gasteiger partial charge on any atom is 0.250 e. The molecular formula is C27H29N5O2. The van der Waals surface area contributed by atoms with E-state index < -0.39 is 0 Å². The van der Waals surface area contributed by atoms with Gasteiger partial charge in [0, 0.05) is 41.5 Å². The summed E-state index contributed by atoms with van der Waals surface area (Å²) in [6, 6.07) is 13.5. The van der Waals surface area contributed by atoms with Gasteiger partial charge in [-0.15, -0.1) is 0 Å². The third-order valence-corrected chi connectivity index (χ3v) is 6.70. The quantitative estimate of drug-likeness (QED) is 0.437. The molecule has 5 rings (SSSR count). The van der Waals surface area contributed by atoms with Crippen LogP contribution in [-0.2, 0) is 0 Å². The van der Waals surface area contributed by atoms with E-state index in [4.69, 9.17) is 15.2 Å². The molecule has 7 nitrogen and oxygen atoms in total. The van der Waals surface area contributed by atoms with Crippen LogP contribution >= 0.6 is 0 Å². The van der Waals surface area contributed by atoms with Crippen LogP contribution in [0.5, 0.6) is 0 Å². The molecule has 4 aromatic rings. The lowest BCUT2D eigenvalue weighted by Crippen LogP contribution is -2.22. The lowest BCUT2D eigenvalue weighted by atomic mass is 10.0. The number of hydrogen-bond donors (Lipinski definition) is 1. The number of nitrogens with zero attached hydrogens (tertiary/aromatic N) is 4. The van der Waals surface area contributed by atoms with Crippen molar-refractivity contribution in [3.63, 3.8) is 0 Å². The minimum absolute atomic E-state index is 0.0250. The van der Waals surface area contributed by atoms with Crippen molar-refractivity contribution in [2.75, 3.05) is 0 Å². The largest absolute Gasteiger partial charge is 0.354 e. The van der Waals surface area contributed by atoms with E-state index >= 15 is 0 Å². The highest BCUT2D eigenvalue weighted by Crippen LogP contribution is 2.34. The number of pyridine rings is 1. The first-order valence-electron chi connectivity index (χ1n) is 11.8. The predicted molar refractivity (Wildman–Crippen MR) is 132 cm³/mol. The molecule has 3 heterocycles. The Labute approximate surface area is 198 Å². The van der Waals surface area contributed by atoms with Crippen molar-refractivity contribution in [2.24, 2.45) is 11.7 Å². The van der Waals surface area contributed by atoms with Crippen molar-refractivity contribution in [3.8, 4) is 34.0 Å². The maximum atomic E-state index is 12.5. The van der Waals surface area contributed by atoms with Gasteiger partial charge in [-0.25, -0.2) is 4.98 Å². The highest BCUT2D eigenvalue weighted by Gasteiger charge is 2.24. The Balaban J connectivity index is 1.49. The zero-order valence-corrected chi connectivity index (χ0v) is 19.7. The van der Waals surface area contributed by atoms with Crippen molar-refractivity contribution in [1.29, 1.82) is 0 Å². The molecule has 1 aliphatic rings. The number of rotatable bonds is 5. The van der Waals surface area contributed by atoms with E-state index in [9.17, 15) is 4.79 Å². The first-order valence-corrected chi connectivity index (χ1v) is 11.8. The van der Waals surface area contributed by atoms with Crippen molar-refractivity contribution in [3.05, 3.63) is 76.5 Å². The minimum atomic E-state index is -0.0631. The molecule has 0 bridgehead atoms. The van der Waals surface area contributed by atoms with Crippen LogP contribution in [-0.4, -0.2) is 19.7 Å². The van der Waals surface area contributed by atoms with Crippen LogP contribution in [0.3, 0.4) is 0 Å². The SMILES string of the molecule is Cc1ncc(-c2ccc(=O)n(C3CCC(C)C3)c2)nc1-c1cc(-c2cccc(C(C)N)c2)no1. The molecule has 1 fully saturated rings. The molecule has 1 aliphatic carbocycles. The smallest absolute Gasteiger partial charge is 0.250 e. The van der Waals surface area contributed by atoms with Gasteiger partial charge < -0.3 is 14.8 Å². The summed E-state index contributed by atoms with van der Waals surface area (Å²) >= 11 is 0. The summed E-state index contributed by atoms with van der Waals surface area (Å²) in [5.74, 6) is 1.19. The zero-order valence-electron chi connectivity index (χ0n) is 19.7. The second kappa shape index (κ2) is 8.99. The molecule has 0 saturated heterocycles. The van der Waals surface area contributed by atoms with Crippen LogP contribution < -0.4 is 11.3 Å². The summed E-state index contributed by atoms with van der Waals surface area (Å²) in [5.41, 5.74) is 11.7. The number of hydrogen-bond acceptors (Lipinski definition) is 6. The molecule has 0 aliphatic heterocycles. The summed E-state index contributed by atoms with van der Waals surface area (Å²) in [6.45, 7) is 6.09. The maximum absolute atomic E-state index is 12.5. The van der Waals surface area contributed by atoms with Crippen LogP contribution in [0.15, 0.2) is 64.2 Å². The monoisotopic (exact) mass is 455 g/mol. The second-order valence-electron chi connectivity index (χ2n) is 9.42. The summed E-state index contributed by atoms with van der Waals surface area (Å²) in [5, 5.41) is 4.26. The fourth-order valence-electron chi connectivity index (χ4n) is 4.70. The van der Waals surface area contributed by atoms with Crippen LogP contribution in [0.2, 0.25) is 0 Å². The van der Waals surface area contributed by atoms with E-state index in [1.165, 1.54) is 0 Å². The van der Waals surface area contributed by atoms with Crippen LogP contribution in [0.4, 0.5) is 0 Å². The Morgan fingerprint density at radius 1 is 1.12 bits per heavy atom. The molecule has 3 atom stereocenters. The topological polar surface area (TPSA) is 99.8 Å². The number of benzene rings is 1. The molecule has 0 spiro atoms. The average Bonchev–Trinajstić information content (AvgIpc) is 3.49. The Morgan fingerprint density at radius 2 is 1.97 bits per heavy atom. The lowest BCUT2D eigenvalue weighted by Gasteiger charge is -2.15. The highest BCUT2D eigenvalue weighted by atomic mass is 16.5. The first kappa shape index (κ1) is 22.2. The van der Waals surface area contributed by atoms with Gasteiger partial charge in [-0.1, -0.05) is 30.3 Å². The van der Waals surface area contributed by atoms with Crippen molar-refractivity contribution >= 4 is 0 Å². The van der Waals surface area contributed by atoms with Crippen LogP contribution in [0.1, 0.15) is 56.5 Å². The summed E-state index contributed by atoms with van der Waals surface area (Å²) in [7, 11) is 0. The van der Waals surface area contributed by atoms with Crippen molar-refractivity contribution in [2.45, 2.75) is 52.1 Å². The Morgan fingerprint density at radius 3 is 2.74 bits per heavy atom. The molecule has 1 saturated carbocycles. The fourth-order valence-corrected chi connectivity index (χ4v) is 4.70. The number of aryl methyl sites for hydroxylation is 1. The van der Waals surface area contributed by atoms with Crippen molar-refractivity contribution in [1.82, 2.24) is 19.7 Å². The van der Waals surface area contributed by atoms with Gasteiger partial charge in [-0.2, -0.15) is 0 Å². The molecule has 3 unspecified atom stereocenters. The molecule has 34 heavy (non-hydrogen) atoms. The van der Waals surface area contributed by atoms with E-state index in [1.54, 1.807) is 12.3 Å². The molecule has 2 N–H and O–H groups in total. The van der Waals surface area contributed by atoms with Gasteiger partial charge in [0.1, 0.15) is 11.4 Å². The van der Waals surface area contributed by atoms with Gasteiger partial charge in [0.25, 0.3) is 5.56 Å². The minimum Gasteiger partial charge on any atom is -0.354 e. The number of nitrogens with two attached hydrogens (primary N) is 1. The Kier molecular flexibility index (Phi) is 5.87. The van der Waals surface area contributed by atoms with Gasteiger partial charge in [0.15, 0.2) is 5.76 Å². The Hall–Kier alpha value is -3.58. The van der Waals surface area contributed by atoms with Gasteiger partial charge in [-0.3, -0.25) is 9.78 Å². The van der Waals surface area contributed by atoms with E-state index in [0.29, 0.717) is 28.8 Å². The molecular weight excluding hydrogens is 426 g/mol.